The number of hydrogen-bond donors (Lipinski definition) is 2. The minimum atomic E-state index is -0.846. The van der Waals surface area contributed by atoms with Crippen molar-refractivity contribution in [1.29, 1.82) is 0 Å². The molecule has 1 atom stereocenters. The minimum Gasteiger partial charge on any atom is -0.491 e. The highest BCUT2D eigenvalue weighted by atomic mass is 35.5. The Morgan fingerprint density at radius 2 is 2.08 bits per heavy atom. The first-order chi connectivity index (χ1) is 11.6. The monoisotopic (exact) mass is 373 g/mol. The SMILES string of the molecule is CCCCCC(O)C=Cc1cc(OCCCC(=O)O)c(OC)cn1.Cl. The summed E-state index contributed by atoms with van der Waals surface area (Å²) in [5, 5.41) is 18.5. The van der Waals surface area contributed by atoms with Crippen LogP contribution in [-0.2, 0) is 4.79 Å². The molecular formula is C18H28ClNO5. The van der Waals surface area contributed by atoms with Crippen LogP contribution in [0.3, 0.4) is 0 Å². The van der Waals surface area contributed by atoms with Gasteiger partial charge in [-0.15, -0.1) is 12.4 Å². The molecule has 0 aliphatic rings. The van der Waals surface area contributed by atoms with Crippen LogP contribution in [0.4, 0.5) is 0 Å². The maximum absolute atomic E-state index is 10.5. The van der Waals surface area contributed by atoms with E-state index in [0.29, 0.717) is 23.6 Å². The number of pyridine rings is 1. The molecular weight excluding hydrogens is 346 g/mol. The second-order valence-corrected chi connectivity index (χ2v) is 5.53. The Morgan fingerprint density at radius 3 is 2.72 bits per heavy atom. The van der Waals surface area contributed by atoms with Gasteiger partial charge in [-0.1, -0.05) is 32.3 Å². The number of aliphatic hydroxyl groups excluding tert-OH is 1. The van der Waals surface area contributed by atoms with E-state index in [2.05, 4.69) is 11.9 Å². The van der Waals surface area contributed by atoms with Crippen molar-refractivity contribution in [3.63, 3.8) is 0 Å². The van der Waals surface area contributed by atoms with Crippen LogP contribution >= 0.6 is 12.4 Å². The number of carboxylic acids is 1. The highest BCUT2D eigenvalue weighted by molar-refractivity contribution is 5.85. The summed E-state index contributed by atoms with van der Waals surface area (Å²) in [6.07, 6.45) is 8.98. The van der Waals surface area contributed by atoms with Crippen molar-refractivity contribution in [2.75, 3.05) is 13.7 Å². The number of methoxy groups -OCH3 is 1. The van der Waals surface area contributed by atoms with Crippen molar-refractivity contribution >= 4 is 24.5 Å². The van der Waals surface area contributed by atoms with E-state index < -0.39 is 12.1 Å². The standard InChI is InChI=1S/C18H27NO5.ClH/c1-3-4-5-7-15(20)10-9-14-12-16(17(23-2)13-19-14)24-11-6-8-18(21)22;/h9-10,12-13,15,20H,3-8,11H2,1-2H3,(H,21,22);1H. The van der Waals surface area contributed by atoms with Crippen molar-refractivity contribution in [2.24, 2.45) is 0 Å². The molecule has 142 valence electrons. The zero-order chi connectivity index (χ0) is 17.8. The number of aromatic nitrogens is 1. The molecule has 0 aliphatic carbocycles. The summed E-state index contributed by atoms with van der Waals surface area (Å²) < 4.78 is 10.8. The van der Waals surface area contributed by atoms with Crippen LogP contribution in [0.5, 0.6) is 11.5 Å². The maximum Gasteiger partial charge on any atom is 0.303 e. The molecule has 0 amide bonds. The molecule has 0 bridgehead atoms. The molecule has 0 aliphatic heterocycles. The highest BCUT2D eigenvalue weighted by Crippen LogP contribution is 2.27. The Bertz CT molecular complexity index is 536. The number of hydrogen-bond acceptors (Lipinski definition) is 5. The lowest BCUT2D eigenvalue weighted by molar-refractivity contribution is -0.137. The van der Waals surface area contributed by atoms with Gasteiger partial charge < -0.3 is 19.7 Å². The fraction of sp³-hybridized carbons (Fsp3) is 0.556. The molecule has 1 heterocycles. The molecule has 1 aromatic rings. The summed E-state index contributed by atoms with van der Waals surface area (Å²) >= 11 is 0. The van der Waals surface area contributed by atoms with Gasteiger partial charge in [0.2, 0.25) is 0 Å². The summed E-state index contributed by atoms with van der Waals surface area (Å²) in [5.41, 5.74) is 0.651. The summed E-state index contributed by atoms with van der Waals surface area (Å²) in [4.78, 5) is 14.7. The molecule has 25 heavy (non-hydrogen) atoms. The molecule has 0 aromatic carbocycles. The van der Waals surface area contributed by atoms with E-state index in [1.165, 1.54) is 7.11 Å². The fourth-order valence-corrected chi connectivity index (χ4v) is 2.11. The topological polar surface area (TPSA) is 88.9 Å². The number of halogens is 1. The van der Waals surface area contributed by atoms with Gasteiger partial charge in [-0.3, -0.25) is 9.78 Å². The van der Waals surface area contributed by atoms with Crippen LogP contribution in [0.1, 0.15) is 51.1 Å². The average molecular weight is 374 g/mol. The first-order valence-electron chi connectivity index (χ1n) is 8.31. The largest absolute Gasteiger partial charge is 0.491 e. The zero-order valence-electron chi connectivity index (χ0n) is 14.8. The normalized spacial score (nSPS) is 11.8. The fourth-order valence-electron chi connectivity index (χ4n) is 2.11. The van der Waals surface area contributed by atoms with Gasteiger partial charge >= 0.3 is 5.97 Å². The van der Waals surface area contributed by atoms with E-state index in [-0.39, 0.29) is 25.4 Å². The average Bonchev–Trinajstić information content (AvgIpc) is 2.57. The molecule has 0 fully saturated rings. The highest BCUT2D eigenvalue weighted by Gasteiger charge is 2.07. The Kier molecular flexibility index (Phi) is 12.5. The maximum atomic E-state index is 10.5. The van der Waals surface area contributed by atoms with E-state index in [9.17, 15) is 9.90 Å². The number of aliphatic hydroxyl groups is 1. The van der Waals surface area contributed by atoms with E-state index in [1.807, 2.05) is 0 Å². The van der Waals surface area contributed by atoms with Crippen molar-refractivity contribution in [3.05, 3.63) is 24.0 Å². The summed E-state index contributed by atoms with van der Waals surface area (Å²) in [7, 11) is 1.52. The minimum absolute atomic E-state index is 0. The molecule has 7 heteroatoms. The number of aliphatic carboxylic acids is 1. The smallest absolute Gasteiger partial charge is 0.303 e. The molecule has 1 rings (SSSR count). The first kappa shape index (κ1) is 23.2. The van der Waals surface area contributed by atoms with E-state index in [1.54, 1.807) is 24.4 Å². The van der Waals surface area contributed by atoms with E-state index in [4.69, 9.17) is 14.6 Å². The first-order valence-corrected chi connectivity index (χ1v) is 8.31. The number of ether oxygens (including phenoxy) is 2. The Labute approximate surface area is 155 Å². The van der Waals surface area contributed by atoms with Crippen LogP contribution in [-0.4, -0.2) is 41.0 Å². The van der Waals surface area contributed by atoms with Crippen molar-refractivity contribution in [3.8, 4) is 11.5 Å². The van der Waals surface area contributed by atoms with Crippen LogP contribution < -0.4 is 9.47 Å². The summed E-state index contributed by atoms with van der Waals surface area (Å²) in [6, 6.07) is 1.72. The van der Waals surface area contributed by atoms with Crippen LogP contribution in [0.15, 0.2) is 18.3 Å². The van der Waals surface area contributed by atoms with Gasteiger partial charge in [0.05, 0.1) is 31.7 Å². The molecule has 1 aromatic heterocycles. The Balaban J connectivity index is 0.00000576. The number of carbonyl (C=O) groups is 1. The van der Waals surface area contributed by atoms with Gasteiger partial charge in [0, 0.05) is 12.5 Å². The van der Waals surface area contributed by atoms with Gasteiger partial charge in [-0.25, -0.2) is 0 Å². The lowest BCUT2D eigenvalue weighted by Gasteiger charge is -2.10. The molecule has 0 spiro atoms. The summed E-state index contributed by atoms with van der Waals surface area (Å²) in [6.45, 7) is 2.41. The van der Waals surface area contributed by atoms with Crippen molar-refractivity contribution < 1.29 is 24.5 Å². The quantitative estimate of drug-likeness (QED) is 0.543. The van der Waals surface area contributed by atoms with Gasteiger partial charge in [-0.2, -0.15) is 0 Å². The number of rotatable bonds is 12. The lowest BCUT2D eigenvalue weighted by Crippen LogP contribution is -2.04. The lowest BCUT2D eigenvalue weighted by atomic mass is 10.1. The molecule has 0 saturated carbocycles. The Hall–Kier alpha value is -1.79. The number of nitrogens with zero attached hydrogens (tertiary/aromatic N) is 1. The predicted molar refractivity (Wildman–Crippen MR) is 99.6 cm³/mol. The molecule has 2 N–H and O–H groups in total. The van der Waals surface area contributed by atoms with Gasteiger partial charge in [-0.05, 0) is 18.9 Å². The molecule has 0 radical (unpaired) electrons. The van der Waals surface area contributed by atoms with Crippen molar-refractivity contribution in [1.82, 2.24) is 4.98 Å². The van der Waals surface area contributed by atoms with Crippen LogP contribution in [0, 0.1) is 0 Å². The summed E-state index contributed by atoms with van der Waals surface area (Å²) in [5.74, 6) is 0.157. The second kappa shape index (κ2) is 13.5. The third-order valence-corrected chi connectivity index (χ3v) is 3.46. The predicted octanol–water partition coefficient (Wildman–Crippen LogP) is 3.71. The van der Waals surface area contributed by atoms with Gasteiger partial charge in [0.1, 0.15) is 0 Å². The molecule has 0 saturated heterocycles. The van der Waals surface area contributed by atoms with E-state index in [0.717, 1.165) is 25.7 Å². The number of carboxylic acid groups (broad SMARTS) is 1. The van der Waals surface area contributed by atoms with Gasteiger partial charge in [0.15, 0.2) is 11.5 Å². The second-order valence-electron chi connectivity index (χ2n) is 5.53. The molecule has 1 unspecified atom stereocenters. The van der Waals surface area contributed by atoms with Crippen molar-refractivity contribution in [2.45, 2.75) is 51.6 Å². The zero-order valence-corrected chi connectivity index (χ0v) is 15.6. The third-order valence-electron chi connectivity index (χ3n) is 3.46. The number of unbranched alkanes of at least 4 members (excludes halogenated alkanes) is 2. The Morgan fingerprint density at radius 1 is 1.32 bits per heavy atom. The van der Waals surface area contributed by atoms with Gasteiger partial charge in [0.25, 0.3) is 0 Å². The molecule has 6 nitrogen and oxygen atoms in total. The third kappa shape index (κ3) is 9.94. The van der Waals surface area contributed by atoms with Crippen LogP contribution in [0.2, 0.25) is 0 Å². The van der Waals surface area contributed by atoms with Crippen LogP contribution in [0.25, 0.3) is 6.08 Å². The van der Waals surface area contributed by atoms with E-state index >= 15 is 0 Å².